The molecule has 0 N–H and O–H groups in total. The van der Waals surface area contributed by atoms with E-state index in [2.05, 4.69) is 0 Å². The number of hydrogen-bond donors (Lipinski definition) is 0. The summed E-state index contributed by atoms with van der Waals surface area (Å²) in [5.41, 5.74) is 0.682. The van der Waals surface area contributed by atoms with E-state index in [4.69, 9.17) is 20.8 Å². The molecule has 0 bridgehead atoms. The average molecular weight is 501 g/mol. The van der Waals surface area contributed by atoms with Crippen LogP contribution in [0.4, 0.5) is 4.39 Å². The quantitative estimate of drug-likeness (QED) is 0.230. The summed E-state index contributed by atoms with van der Waals surface area (Å²) in [5, 5.41) is 0.626. The fourth-order valence-corrected chi connectivity index (χ4v) is 4.51. The first-order valence-electron chi connectivity index (χ1n) is 10.8. The van der Waals surface area contributed by atoms with Gasteiger partial charge in [-0.25, -0.2) is 9.18 Å². The lowest BCUT2D eigenvalue weighted by Gasteiger charge is -2.38. The van der Waals surface area contributed by atoms with Gasteiger partial charge in [0.05, 0.1) is 12.1 Å². The van der Waals surface area contributed by atoms with Crippen LogP contribution in [-0.4, -0.2) is 67.8 Å². The number of fused-ring (bicyclic) bond motifs is 1. The van der Waals surface area contributed by atoms with Gasteiger partial charge >= 0.3 is 11.6 Å². The summed E-state index contributed by atoms with van der Waals surface area (Å²) in [6.07, 6.45) is 0.522. The molecule has 3 aromatic rings. The van der Waals surface area contributed by atoms with Gasteiger partial charge in [0.2, 0.25) is 5.91 Å². The van der Waals surface area contributed by atoms with Gasteiger partial charge in [-0.15, -0.1) is 0 Å². The Labute approximate surface area is 204 Å². The first kappa shape index (κ1) is 24.6. The van der Waals surface area contributed by atoms with Crippen LogP contribution >= 0.6 is 11.6 Å². The Morgan fingerprint density at radius 2 is 1.94 bits per heavy atom. The van der Waals surface area contributed by atoms with Gasteiger partial charge in [-0.1, -0.05) is 23.7 Å². The Hall–Kier alpha value is -3.56. The first-order chi connectivity index (χ1) is 16.7. The van der Waals surface area contributed by atoms with Crippen molar-refractivity contribution in [2.45, 2.75) is 12.0 Å². The lowest BCUT2D eigenvalue weighted by Crippen LogP contribution is -2.57. The van der Waals surface area contributed by atoms with E-state index in [-0.39, 0.29) is 17.2 Å². The Bertz CT molecular complexity index is 1370. The molecular weight excluding hydrogens is 479 g/mol. The largest absolute Gasteiger partial charge is 0.468 e. The minimum atomic E-state index is -1.16. The van der Waals surface area contributed by atoms with Crippen LogP contribution in [0, 0.1) is 5.82 Å². The van der Waals surface area contributed by atoms with E-state index in [9.17, 15) is 23.6 Å². The molecule has 0 spiro atoms. The highest BCUT2D eigenvalue weighted by molar-refractivity contribution is 6.33. The van der Waals surface area contributed by atoms with Crippen LogP contribution in [0.1, 0.15) is 11.5 Å². The molecule has 35 heavy (non-hydrogen) atoms. The van der Waals surface area contributed by atoms with E-state index in [1.54, 1.807) is 24.1 Å². The van der Waals surface area contributed by atoms with Gasteiger partial charge in [-0.3, -0.25) is 14.5 Å². The number of methoxy groups -OCH3 is 1. The second kappa shape index (κ2) is 9.97. The molecule has 2 heterocycles. The maximum absolute atomic E-state index is 13.5. The monoisotopic (exact) mass is 500 g/mol. The topological polar surface area (TPSA) is 97.1 Å². The van der Waals surface area contributed by atoms with Crippen molar-refractivity contribution >= 4 is 40.7 Å². The van der Waals surface area contributed by atoms with Crippen LogP contribution in [0.2, 0.25) is 5.02 Å². The number of likely N-dealkylation sites (N-methyl/N-ethyl adjacent to an activating group) is 1. The molecule has 1 aliphatic heterocycles. The van der Waals surface area contributed by atoms with E-state index >= 15 is 0 Å². The predicted molar refractivity (Wildman–Crippen MR) is 127 cm³/mol. The number of halogens is 2. The second-order valence-corrected chi connectivity index (χ2v) is 8.68. The van der Waals surface area contributed by atoms with E-state index in [1.807, 2.05) is 0 Å². The molecule has 1 unspecified atom stereocenters. The molecule has 10 heteroatoms. The molecule has 0 aliphatic carbocycles. The smallest absolute Gasteiger partial charge is 0.336 e. The Morgan fingerprint density at radius 3 is 2.63 bits per heavy atom. The van der Waals surface area contributed by atoms with Crippen molar-refractivity contribution in [3.63, 3.8) is 0 Å². The van der Waals surface area contributed by atoms with Crippen molar-refractivity contribution in [1.82, 2.24) is 9.80 Å². The average Bonchev–Trinajstić information content (AvgIpc) is 2.83. The van der Waals surface area contributed by atoms with Crippen molar-refractivity contribution < 1.29 is 27.9 Å². The maximum atomic E-state index is 13.5. The zero-order valence-electron chi connectivity index (χ0n) is 19.0. The Kier molecular flexibility index (Phi) is 7.00. The Morgan fingerprint density at radius 1 is 1.17 bits per heavy atom. The van der Waals surface area contributed by atoms with Crippen LogP contribution in [-0.2, 0) is 19.1 Å². The molecule has 8 nitrogen and oxygen atoms in total. The SMILES string of the molecule is COC(=O)C1CN(C(=O)[C@@H](C=O)c2ccc3c(-c4ccc(F)cc4Cl)cc(=O)oc3c2)CCN1C. The summed E-state index contributed by atoms with van der Waals surface area (Å²) in [4.78, 5) is 52.8. The van der Waals surface area contributed by atoms with Gasteiger partial charge < -0.3 is 18.8 Å². The number of hydrogen-bond acceptors (Lipinski definition) is 7. The number of rotatable bonds is 5. The van der Waals surface area contributed by atoms with Crippen molar-refractivity contribution in [2.24, 2.45) is 0 Å². The molecule has 2 atom stereocenters. The van der Waals surface area contributed by atoms with E-state index in [0.717, 1.165) is 6.07 Å². The highest BCUT2D eigenvalue weighted by Gasteiger charge is 2.35. The normalized spacial score (nSPS) is 17.3. The highest BCUT2D eigenvalue weighted by Crippen LogP contribution is 2.34. The molecule has 182 valence electrons. The lowest BCUT2D eigenvalue weighted by atomic mass is 9.95. The fourth-order valence-electron chi connectivity index (χ4n) is 4.24. The number of carbonyl (C=O) groups is 3. The number of nitrogens with zero attached hydrogens (tertiary/aromatic N) is 2. The number of amides is 1. The Balaban J connectivity index is 1.70. The van der Waals surface area contributed by atoms with Crippen molar-refractivity contribution in [1.29, 1.82) is 0 Å². The molecule has 2 aromatic carbocycles. The molecule has 4 rings (SSSR count). The van der Waals surface area contributed by atoms with Crippen LogP contribution in [0.25, 0.3) is 22.1 Å². The maximum Gasteiger partial charge on any atom is 0.336 e. The van der Waals surface area contributed by atoms with Gasteiger partial charge in [0.25, 0.3) is 0 Å². The summed E-state index contributed by atoms with van der Waals surface area (Å²) in [6.45, 7) is 0.858. The third kappa shape index (κ3) is 4.82. The zero-order valence-corrected chi connectivity index (χ0v) is 19.8. The molecular formula is C25H22ClFN2O6. The highest BCUT2D eigenvalue weighted by atomic mass is 35.5. The van der Waals surface area contributed by atoms with Gasteiger partial charge in [0.15, 0.2) is 0 Å². The number of carbonyl (C=O) groups excluding carboxylic acids is 3. The summed E-state index contributed by atoms with van der Waals surface area (Å²) < 4.78 is 23.7. The van der Waals surface area contributed by atoms with Crippen LogP contribution in [0.5, 0.6) is 0 Å². The summed E-state index contributed by atoms with van der Waals surface area (Å²) >= 11 is 6.20. The van der Waals surface area contributed by atoms with E-state index in [1.165, 1.54) is 36.3 Å². The van der Waals surface area contributed by atoms with Gasteiger partial charge in [0, 0.05) is 42.2 Å². The predicted octanol–water partition coefficient (Wildman–Crippen LogP) is 2.85. The number of benzene rings is 2. The summed E-state index contributed by atoms with van der Waals surface area (Å²) in [5.74, 6) is -2.61. The number of piperazine rings is 1. The molecule has 1 aromatic heterocycles. The third-order valence-electron chi connectivity index (χ3n) is 6.18. The second-order valence-electron chi connectivity index (χ2n) is 8.28. The molecule has 0 saturated carbocycles. The van der Waals surface area contributed by atoms with Crippen LogP contribution in [0.15, 0.2) is 51.7 Å². The minimum absolute atomic E-state index is 0.0855. The van der Waals surface area contributed by atoms with Gasteiger partial charge in [-0.05, 0) is 36.9 Å². The first-order valence-corrected chi connectivity index (χ1v) is 11.2. The molecule has 1 amide bonds. The number of aldehydes is 1. The minimum Gasteiger partial charge on any atom is -0.468 e. The van der Waals surface area contributed by atoms with Crippen molar-refractivity contribution in [2.75, 3.05) is 33.8 Å². The van der Waals surface area contributed by atoms with E-state index in [0.29, 0.717) is 41.5 Å². The van der Waals surface area contributed by atoms with Gasteiger partial charge in [-0.2, -0.15) is 0 Å². The lowest BCUT2D eigenvalue weighted by molar-refractivity contribution is -0.151. The molecule has 1 aliphatic rings. The number of ether oxygens (including phenoxy) is 1. The fraction of sp³-hybridized carbons (Fsp3) is 0.280. The van der Waals surface area contributed by atoms with E-state index < -0.39 is 35.3 Å². The summed E-state index contributed by atoms with van der Waals surface area (Å²) in [7, 11) is 3.04. The third-order valence-corrected chi connectivity index (χ3v) is 6.50. The number of esters is 1. The van der Waals surface area contributed by atoms with Crippen LogP contribution in [0.3, 0.4) is 0 Å². The standard InChI is InChI=1S/C25H22ClFN2O6/c1-28-7-8-29(12-21(28)25(33)34-2)24(32)19(13-30)14-3-5-17-18(11-23(31)35-22(17)9-14)16-6-4-15(27)10-20(16)26/h3-6,9-11,13,19,21H,7-8,12H2,1-2H3/t19-,21?/m0/s1. The van der Waals surface area contributed by atoms with Crippen molar-refractivity contribution in [3.05, 3.63) is 69.3 Å². The van der Waals surface area contributed by atoms with Crippen LogP contribution < -0.4 is 5.63 Å². The molecule has 1 saturated heterocycles. The molecule has 1 fully saturated rings. The molecule has 0 radical (unpaired) electrons. The summed E-state index contributed by atoms with van der Waals surface area (Å²) in [6, 6.07) is 9.12. The zero-order chi connectivity index (χ0) is 25.3. The van der Waals surface area contributed by atoms with Crippen molar-refractivity contribution in [3.8, 4) is 11.1 Å². The van der Waals surface area contributed by atoms with Gasteiger partial charge in [0.1, 0.15) is 29.6 Å².